The van der Waals surface area contributed by atoms with Crippen molar-refractivity contribution in [1.29, 1.82) is 0 Å². The van der Waals surface area contributed by atoms with Gasteiger partial charge in [0.25, 0.3) is 0 Å². The molecule has 108 valence electrons. The fourth-order valence-electron chi connectivity index (χ4n) is 1.38. The second-order valence-electron chi connectivity index (χ2n) is 3.83. The van der Waals surface area contributed by atoms with Crippen molar-refractivity contribution in [2.75, 3.05) is 39.8 Å². The summed E-state index contributed by atoms with van der Waals surface area (Å²) in [5.41, 5.74) is 0. The van der Waals surface area contributed by atoms with Crippen LogP contribution in [0.5, 0.6) is 5.75 Å². The molecular formula is C12H18ClNO4S. The summed E-state index contributed by atoms with van der Waals surface area (Å²) in [7, 11) is -0.425. The molecule has 0 radical (unpaired) electrons. The third-order valence-corrected chi connectivity index (χ3v) is 4.51. The van der Waals surface area contributed by atoms with Crippen molar-refractivity contribution in [3.05, 3.63) is 24.3 Å². The van der Waals surface area contributed by atoms with Gasteiger partial charge in [0.15, 0.2) is 0 Å². The Bertz CT molecular complexity index is 475. The van der Waals surface area contributed by atoms with Gasteiger partial charge in [-0.05, 0) is 24.3 Å². The van der Waals surface area contributed by atoms with E-state index in [0.29, 0.717) is 31.4 Å². The van der Waals surface area contributed by atoms with E-state index < -0.39 is 10.0 Å². The number of benzene rings is 1. The van der Waals surface area contributed by atoms with Crippen LogP contribution in [0.4, 0.5) is 0 Å². The Morgan fingerprint density at radius 1 is 1.21 bits per heavy atom. The lowest BCUT2D eigenvalue weighted by Crippen LogP contribution is -2.30. The zero-order chi connectivity index (χ0) is 14.3. The maximum Gasteiger partial charge on any atom is 0.242 e. The topological polar surface area (TPSA) is 55.8 Å². The van der Waals surface area contributed by atoms with Crippen LogP contribution in [0.1, 0.15) is 0 Å². The Balaban J connectivity index is 2.78. The summed E-state index contributed by atoms with van der Waals surface area (Å²) >= 11 is 5.51. The zero-order valence-corrected chi connectivity index (χ0v) is 12.6. The number of rotatable bonds is 8. The van der Waals surface area contributed by atoms with Crippen molar-refractivity contribution in [3.8, 4) is 5.75 Å². The number of hydrogen-bond donors (Lipinski definition) is 0. The van der Waals surface area contributed by atoms with Crippen molar-refractivity contribution in [3.63, 3.8) is 0 Å². The quantitative estimate of drug-likeness (QED) is 0.684. The van der Waals surface area contributed by atoms with E-state index in [1.165, 1.54) is 30.6 Å². The molecule has 0 bridgehead atoms. The van der Waals surface area contributed by atoms with Crippen molar-refractivity contribution in [2.45, 2.75) is 4.90 Å². The average Bonchev–Trinajstić information content (AvgIpc) is 2.42. The largest absolute Gasteiger partial charge is 0.492 e. The molecule has 0 N–H and O–H groups in total. The molecule has 1 aromatic carbocycles. The van der Waals surface area contributed by atoms with Crippen LogP contribution in [0.25, 0.3) is 0 Å². The monoisotopic (exact) mass is 307 g/mol. The van der Waals surface area contributed by atoms with E-state index >= 15 is 0 Å². The standard InChI is InChI=1S/C12H18ClNO4S/c1-14(8-10-17-2)19(15,16)12-5-3-11(4-6-12)18-9-7-13/h3-6H,7-10H2,1-2H3. The summed E-state index contributed by atoms with van der Waals surface area (Å²) in [4.78, 5) is 0.226. The van der Waals surface area contributed by atoms with Crippen LogP contribution in [0.3, 0.4) is 0 Å². The van der Waals surface area contributed by atoms with Crippen LogP contribution in [-0.4, -0.2) is 52.5 Å². The molecule has 0 fully saturated rings. The van der Waals surface area contributed by atoms with E-state index in [2.05, 4.69) is 0 Å². The fourth-order valence-corrected chi connectivity index (χ4v) is 2.62. The Morgan fingerprint density at radius 3 is 2.37 bits per heavy atom. The Labute approximate surface area is 119 Å². The molecule has 1 aromatic rings. The Morgan fingerprint density at radius 2 is 1.84 bits per heavy atom. The first-order chi connectivity index (χ1) is 9.02. The number of methoxy groups -OCH3 is 1. The molecule has 0 saturated heterocycles. The maximum atomic E-state index is 12.2. The molecule has 5 nitrogen and oxygen atoms in total. The van der Waals surface area contributed by atoms with E-state index in [9.17, 15) is 8.42 Å². The molecule has 7 heteroatoms. The number of alkyl halides is 1. The molecule has 0 amide bonds. The van der Waals surface area contributed by atoms with Gasteiger partial charge >= 0.3 is 0 Å². The van der Waals surface area contributed by atoms with Crippen LogP contribution in [0, 0.1) is 0 Å². The smallest absolute Gasteiger partial charge is 0.242 e. The Hall–Kier alpha value is -0.820. The van der Waals surface area contributed by atoms with Crippen LogP contribution >= 0.6 is 11.6 Å². The summed E-state index contributed by atoms with van der Waals surface area (Å²) in [6.45, 7) is 1.05. The second-order valence-corrected chi connectivity index (χ2v) is 6.25. The van der Waals surface area contributed by atoms with E-state index in [4.69, 9.17) is 21.1 Å². The molecule has 0 aliphatic heterocycles. The lowest BCUT2D eigenvalue weighted by Gasteiger charge is -2.16. The summed E-state index contributed by atoms with van der Waals surface area (Å²) in [5.74, 6) is 0.985. The van der Waals surface area contributed by atoms with Gasteiger partial charge in [-0.1, -0.05) is 0 Å². The van der Waals surface area contributed by atoms with Crippen molar-refractivity contribution in [1.82, 2.24) is 4.31 Å². The minimum atomic E-state index is -3.48. The van der Waals surface area contributed by atoms with Gasteiger partial charge in [0, 0.05) is 20.7 Å². The number of likely N-dealkylation sites (N-methyl/N-ethyl adjacent to an activating group) is 1. The van der Waals surface area contributed by atoms with E-state index in [-0.39, 0.29) is 4.90 Å². The first kappa shape index (κ1) is 16.2. The first-order valence-corrected chi connectivity index (χ1v) is 7.74. The van der Waals surface area contributed by atoms with E-state index in [1.807, 2.05) is 0 Å². The van der Waals surface area contributed by atoms with Crippen molar-refractivity contribution < 1.29 is 17.9 Å². The van der Waals surface area contributed by atoms with E-state index in [1.54, 1.807) is 12.1 Å². The molecule has 0 saturated carbocycles. The second kappa shape index (κ2) is 7.69. The van der Waals surface area contributed by atoms with Gasteiger partial charge < -0.3 is 9.47 Å². The predicted molar refractivity (Wildman–Crippen MR) is 74.3 cm³/mol. The van der Waals surface area contributed by atoms with Gasteiger partial charge in [-0.2, -0.15) is 4.31 Å². The van der Waals surface area contributed by atoms with E-state index in [0.717, 1.165) is 0 Å². The minimum absolute atomic E-state index is 0.226. The average molecular weight is 308 g/mol. The molecule has 0 unspecified atom stereocenters. The Kier molecular flexibility index (Phi) is 6.57. The molecule has 1 rings (SSSR count). The SMILES string of the molecule is COCCN(C)S(=O)(=O)c1ccc(OCCCl)cc1. The highest BCUT2D eigenvalue weighted by molar-refractivity contribution is 7.89. The molecular weight excluding hydrogens is 290 g/mol. The van der Waals surface area contributed by atoms with Gasteiger partial charge in [0.05, 0.1) is 17.4 Å². The zero-order valence-electron chi connectivity index (χ0n) is 11.0. The molecule has 0 heterocycles. The van der Waals surface area contributed by atoms with Gasteiger partial charge in [-0.3, -0.25) is 0 Å². The number of hydrogen-bond acceptors (Lipinski definition) is 4. The highest BCUT2D eigenvalue weighted by Crippen LogP contribution is 2.18. The summed E-state index contributed by atoms with van der Waals surface area (Å²) in [6.07, 6.45) is 0. The van der Waals surface area contributed by atoms with Crippen LogP contribution in [0.2, 0.25) is 0 Å². The van der Waals surface area contributed by atoms with Gasteiger partial charge in [-0.15, -0.1) is 11.6 Å². The van der Waals surface area contributed by atoms with Gasteiger partial charge in [0.2, 0.25) is 10.0 Å². The number of nitrogens with zero attached hydrogens (tertiary/aromatic N) is 1. The van der Waals surface area contributed by atoms with Crippen LogP contribution in [0.15, 0.2) is 29.2 Å². The number of ether oxygens (including phenoxy) is 2. The molecule has 0 spiro atoms. The number of sulfonamides is 1. The normalized spacial score (nSPS) is 11.8. The highest BCUT2D eigenvalue weighted by atomic mass is 35.5. The molecule has 19 heavy (non-hydrogen) atoms. The minimum Gasteiger partial charge on any atom is -0.492 e. The first-order valence-electron chi connectivity index (χ1n) is 5.76. The third kappa shape index (κ3) is 4.65. The fraction of sp³-hybridized carbons (Fsp3) is 0.500. The van der Waals surface area contributed by atoms with Gasteiger partial charge in [-0.25, -0.2) is 8.42 Å². The summed E-state index contributed by atoms with van der Waals surface area (Å²) < 4.78 is 35.8. The molecule has 0 aromatic heterocycles. The lowest BCUT2D eigenvalue weighted by atomic mass is 10.3. The highest BCUT2D eigenvalue weighted by Gasteiger charge is 2.20. The summed E-state index contributed by atoms with van der Waals surface area (Å²) in [6, 6.07) is 6.26. The molecule has 0 atom stereocenters. The van der Waals surface area contributed by atoms with Crippen molar-refractivity contribution in [2.24, 2.45) is 0 Å². The lowest BCUT2D eigenvalue weighted by molar-refractivity contribution is 0.185. The maximum absolute atomic E-state index is 12.2. The van der Waals surface area contributed by atoms with Crippen molar-refractivity contribution >= 4 is 21.6 Å². The summed E-state index contributed by atoms with van der Waals surface area (Å²) in [5, 5.41) is 0. The molecule has 0 aliphatic carbocycles. The van der Waals surface area contributed by atoms with Crippen LogP contribution in [-0.2, 0) is 14.8 Å². The third-order valence-electron chi connectivity index (χ3n) is 2.49. The number of halogens is 1. The van der Waals surface area contributed by atoms with Gasteiger partial charge in [0.1, 0.15) is 12.4 Å². The predicted octanol–water partition coefficient (Wildman–Crippen LogP) is 1.57. The van der Waals surface area contributed by atoms with Crippen LogP contribution < -0.4 is 4.74 Å². The molecule has 0 aliphatic rings.